The van der Waals surface area contributed by atoms with E-state index in [0.29, 0.717) is 10.9 Å². The number of hydrogen-bond donors (Lipinski definition) is 0. The summed E-state index contributed by atoms with van der Waals surface area (Å²) in [4.78, 5) is 15.9. The SMILES string of the molecule is O=C([O-])c1cc(-c2ccc(-c3ccc(Cl)c(C(F)(F)F)c3)o2)nc2ccccc12. The Bertz CT molecular complexity index is 1250. The number of carboxylic acids is 1. The lowest BCUT2D eigenvalue weighted by atomic mass is 10.1. The number of aromatic carboxylic acids is 1. The standard InChI is InChI=1S/C21H11ClF3NO3/c22-15-6-5-11(9-14(15)21(23,24)25)18-7-8-19(29-18)17-10-13(20(27)28)12-3-1-2-4-16(12)26-17/h1-10H,(H,27,28)/p-1. The number of aromatic nitrogens is 1. The van der Waals surface area contributed by atoms with E-state index in [9.17, 15) is 23.1 Å². The molecule has 0 spiro atoms. The summed E-state index contributed by atoms with van der Waals surface area (Å²) in [5.74, 6) is -1.01. The van der Waals surface area contributed by atoms with Gasteiger partial charge in [-0.1, -0.05) is 29.8 Å². The van der Waals surface area contributed by atoms with Crippen LogP contribution >= 0.6 is 11.6 Å². The van der Waals surface area contributed by atoms with Gasteiger partial charge in [0.2, 0.25) is 0 Å². The van der Waals surface area contributed by atoms with Gasteiger partial charge in [-0.05, 0) is 42.5 Å². The Morgan fingerprint density at radius 1 is 1.00 bits per heavy atom. The predicted octanol–water partition coefficient (Wildman–Crippen LogP) is 5.20. The molecule has 4 nitrogen and oxygen atoms in total. The minimum Gasteiger partial charge on any atom is -0.545 e. The number of para-hydroxylation sites is 1. The number of alkyl halides is 3. The summed E-state index contributed by atoms with van der Waals surface area (Å²) in [6.07, 6.45) is -4.61. The molecule has 0 unspecified atom stereocenters. The zero-order valence-corrected chi connectivity index (χ0v) is 15.2. The molecule has 0 aliphatic rings. The van der Waals surface area contributed by atoms with E-state index in [1.807, 2.05) is 0 Å². The topological polar surface area (TPSA) is 66.2 Å². The Morgan fingerprint density at radius 2 is 1.72 bits per heavy atom. The monoisotopic (exact) mass is 416 g/mol. The fourth-order valence-corrected chi connectivity index (χ4v) is 3.22. The van der Waals surface area contributed by atoms with Gasteiger partial charge in [-0.3, -0.25) is 0 Å². The minimum absolute atomic E-state index is 0.0607. The molecule has 4 aromatic rings. The van der Waals surface area contributed by atoms with Gasteiger partial charge < -0.3 is 14.3 Å². The number of benzene rings is 2. The third-order valence-corrected chi connectivity index (χ3v) is 4.68. The zero-order chi connectivity index (χ0) is 20.8. The maximum atomic E-state index is 13.1. The van der Waals surface area contributed by atoms with Gasteiger partial charge in [-0.2, -0.15) is 13.2 Å². The maximum Gasteiger partial charge on any atom is 0.417 e. The van der Waals surface area contributed by atoms with Crippen molar-refractivity contribution in [3.05, 3.63) is 76.8 Å². The second kappa shape index (κ2) is 6.93. The second-order valence-electron chi connectivity index (χ2n) is 6.22. The van der Waals surface area contributed by atoms with Crippen molar-refractivity contribution >= 4 is 28.5 Å². The van der Waals surface area contributed by atoms with Crippen LogP contribution in [-0.2, 0) is 6.18 Å². The third-order valence-electron chi connectivity index (χ3n) is 4.35. The van der Waals surface area contributed by atoms with Gasteiger partial charge in [0.05, 0.1) is 22.1 Å². The highest BCUT2D eigenvalue weighted by Crippen LogP contribution is 2.38. The molecule has 0 aliphatic heterocycles. The van der Waals surface area contributed by atoms with E-state index >= 15 is 0 Å². The first kappa shape index (κ1) is 19.0. The molecule has 146 valence electrons. The molecular formula is C21H10ClF3NO3-. The fraction of sp³-hybridized carbons (Fsp3) is 0.0476. The number of carbonyl (C=O) groups excluding carboxylic acids is 1. The molecule has 0 amide bonds. The molecule has 0 fully saturated rings. The molecule has 2 heterocycles. The Kier molecular flexibility index (Phi) is 4.55. The minimum atomic E-state index is -4.61. The van der Waals surface area contributed by atoms with Crippen molar-refractivity contribution in [2.75, 3.05) is 0 Å². The van der Waals surface area contributed by atoms with Crippen molar-refractivity contribution in [1.82, 2.24) is 4.98 Å². The molecule has 0 saturated heterocycles. The van der Waals surface area contributed by atoms with Crippen molar-refractivity contribution in [1.29, 1.82) is 0 Å². The number of fused-ring (bicyclic) bond motifs is 1. The average molecular weight is 417 g/mol. The third kappa shape index (κ3) is 3.56. The highest BCUT2D eigenvalue weighted by Gasteiger charge is 2.33. The number of rotatable bonds is 3. The second-order valence-corrected chi connectivity index (χ2v) is 6.62. The molecule has 4 rings (SSSR count). The van der Waals surface area contributed by atoms with Gasteiger partial charge in [-0.25, -0.2) is 4.98 Å². The molecular weight excluding hydrogens is 407 g/mol. The zero-order valence-electron chi connectivity index (χ0n) is 14.5. The first-order valence-electron chi connectivity index (χ1n) is 8.32. The summed E-state index contributed by atoms with van der Waals surface area (Å²) in [5.41, 5.74) is -0.215. The number of carboxylic acid groups (broad SMARTS) is 1. The normalized spacial score (nSPS) is 11.7. The fourth-order valence-electron chi connectivity index (χ4n) is 3.00. The van der Waals surface area contributed by atoms with E-state index < -0.39 is 22.7 Å². The van der Waals surface area contributed by atoms with E-state index in [1.165, 1.54) is 24.3 Å². The van der Waals surface area contributed by atoms with Gasteiger partial charge >= 0.3 is 6.18 Å². The highest BCUT2D eigenvalue weighted by molar-refractivity contribution is 6.31. The van der Waals surface area contributed by atoms with Gasteiger partial charge in [0.25, 0.3) is 0 Å². The Morgan fingerprint density at radius 3 is 2.45 bits per heavy atom. The van der Waals surface area contributed by atoms with E-state index in [1.54, 1.807) is 24.3 Å². The predicted molar refractivity (Wildman–Crippen MR) is 99.2 cm³/mol. The largest absolute Gasteiger partial charge is 0.545 e. The number of hydrogen-bond acceptors (Lipinski definition) is 4. The molecule has 0 bridgehead atoms. The molecule has 0 radical (unpaired) electrons. The quantitative estimate of drug-likeness (QED) is 0.460. The average Bonchev–Trinajstić information content (AvgIpc) is 3.16. The summed E-state index contributed by atoms with van der Waals surface area (Å²) < 4.78 is 45.0. The summed E-state index contributed by atoms with van der Waals surface area (Å²) in [6, 6.07) is 14.4. The first-order chi connectivity index (χ1) is 13.7. The lowest BCUT2D eigenvalue weighted by Gasteiger charge is -2.10. The van der Waals surface area contributed by atoms with Crippen molar-refractivity contribution in [2.24, 2.45) is 0 Å². The lowest BCUT2D eigenvalue weighted by molar-refractivity contribution is -0.254. The summed E-state index contributed by atoms with van der Waals surface area (Å²) in [7, 11) is 0. The molecule has 0 N–H and O–H groups in total. The van der Waals surface area contributed by atoms with Crippen LogP contribution in [0, 0.1) is 0 Å². The van der Waals surface area contributed by atoms with Crippen molar-refractivity contribution in [3.8, 4) is 22.8 Å². The molecule has 2 aromatic heterocycles. The van der Waals surface area contributed by atoms with Crippen LogP contribution in [0.3, 0.4) is 0 Å². The number of carbonyl (C=O) groups is 1. The van der Waals surface area contributed by atoms with Gasteiger partial charge in [0, 0.05) is 16.5 Å². The first-order valence-corrected chi connectivity index (χ1v) is 8.70. The van der Waals surface area contributed by atoms with Crippen LogP contribution in [0.4, 0.5) is 13.2 Å². The number of halogens is 4. The summed E-state index contributed by atoms with van der Waals surface area (Å²) in [6.45, 7) is 0. The number of nitrogens with zero attached hydrogens (tertiary/aromatic N) is 1. The van der Waals surface area contributed by atoms with E-state index in [4.69, 9.17) is 16.0 Å². The smallest absolute Gasteiger partial charge is 0.417 e. The van der Waals surface area contributed by atoms with Gasteiger partial charge in [-0.15, -0.1) is 0 Å². The van der Waals surface area contributed by atoms with Gasteiger partial charge in [0.15, 0.2) is 5.76 Å². The lowest BCUT2D eigenvalue weighted by Crippen LogP contribution is -2.22. The number of pyridine rings is 1. The van der Waals surface area contributed by atoms with Gasteiger partial charge in [0.1, 0.15) is 11.5 Å². The maximum absolute atomic E-state index is 13.1. The molecule has 2 aromatic carbocycles. The van der Waals surface area contributed by atoms with E-state index in [-0.39, 0.29) is 28.3 Å². The summed E-state index contributed by atoms with van der Waals surface area (Å²) >= 11 is 5.65. The molecule has 0 atom stereocenters. The molecule has 29 heavy (non-hydrogen) atoms. The summed E-state index contributed by atoms with van der Waals surface area (Å²) in [5, 5.41) is 11.5. The molecule has 8 heteroatoms. The van der Waals surface area contributed by atoms with Crippen LogP contribution < -0.4 is 5.11 Å². The Labute approximate surface area is 167 Å². The van der Waals surface area contributed by atoms with E-state index in [2.05, 4.69) is 4.98 Å². The van der Waals surface area contributed by atoms with Crippen molar-refractivity contribution in [2.45, 2.75) is 6.18 Å². The van der Waals surface area contributed by atoms with E-state index in [0.717, 1.165) is 12.1 Å². The molecule has 0 saturated carbocycles. The van der Waals surface area contributed by atoms with Crippen LogP contribution in [0.2, 0.25) is 5.02 Å². The Balaban J connectivity index is 1.80. The highest BCUT2D eigenvalue weighted by atomic mass is 35.5. The van der Waals surface area contributed by atoms with Crippen LogP contribution in [-0.4, -0.2) is 11.0 Å². The van der Waals surface area contributed by atoms with Crippen LogP contribution in [0.5, 0.6) is 0 Å². The molecule has 0 aliphatic carbocycles. The van der Waals surface area contributed by atoms with Crippen LogP contribution in [0.25, 0.3) is 33.7 Å². The van der Waals surface area contributed by atoms with Crippen molar-refractivity contribution < 1.29 is 27.5 Å². The van der Waals surface area contributed by atoms with Crippen molar-refractivity contribution in [3.63, 3.8) is 0 Å². The van der Waals surface area contributed by atoms with Crippen LogP contribution in [0.1, 0.15) is 15.9 Å². The number of furan rings is 1. The Hall–Kier alpha value is -3.32. The van der Waals surface area contributed by atoms with Crippen LogP contribution in [0.15, 0.2) is 65.1 Å².